The number of hydrogen-bond acceptors (Lipinski definition) is 21. The van der Waals surface area contributed by atoms with E-state index < -0.39 is 81.9 Å². The van der Waals surface area contributed by atoms with E-state index in [-0.39, 0.29) is 123 Å². The number of nitrogens with zero attached hydrogens (tertiary/aromatic N) is 5. The minimum absolute atomic E-state index is 0. The van der Waals surface area contributed by atoms with Crippen LogP contribution in [0.5, 0.6) is 11.5 Å². The van der Waals surface area contributed by atoms with E-state index >= 15 is 0 Å². The molecule has 0 aliphatic rings. The molecule has 555 valence electrons. The van der Waals surface area contributed by atoms with Crippen LogP contribution < -0.4 is 69.5 Å². The molecule has 0 saturated carbocycles. The quantitative estimate of drug-likeness (QED) is 0.0167. The predicted molar refractivity (Wildman–Crippen MR) is 368 cm³/mol. The Bertz CT molecular complexity index is 4190. The number of amides is 8. The van der Waals surface area contributed by atoms with Crippen LogP contribution >= 0.6 is 35.0 Å². The van der Waals surface area contributed by atoms with Crippen molar-refractivity contribution in [3.05, 3.63) is 145 Å². The summed E-state index contributed by atoms with van der Waals surface area (Å²) in [5, 5.41) is 43.9. The molecular formula is C66H74Cl2N10NaO21S2Tc2. The summed E-state index contributed by atoms with van der Waals surface area (Å²) in [6.45, 7) is 4.09. The van der Waals surface area contributed by atoms with E-state index in [0.717, 1.165) is 50.3 Å². The molecule has 38 heteroatoms. The van der Waals surface area contributed by atoms with Gasteiger partial charge in [-0.15, -0.1) is 5.75 Å². The Morgan fingerprint density at radius 1 is 0.519 bits per heavy atom. The van der Waals surface area contributed by atoms with Crippen LogP contribution in [0.2, 0.25) is 10.0 Å². The van der Waals surface area contributed by atoms with Crippen molar-refractivity contribution in [2.75, 3.05) is 77.1 Å². The van der Waals surface area contributed by atoms with Crippen molar-refractivity contribution in [3.8, 4) is 11.5 Å². The maximum atomic E-state index is 13.4. The van der Waals surface area contributed by atoms with Crippen LogP contribution in [0.25, 0.3) is 37.8 Å². The topological polar surface area (TPSA) is 467 Å². The van der Waals surface area contributed by atoms with Gasteiger partial charge < -0.3 is 89.2 Å². The summed E-state index contributed by atoms with van der Waals surface area (Å²) in [5.74, 6) is -6.37. The summed E-state index contributed by atoms with van der Waals surface area (Å²) in [6.07, 6.45) is 5.70. The number of carboxylic acids is 2. The number of halogens is 2. The van der Waals surface area contributed by atoms with Crippen molar-refractivity contribution in [2.45, 2.75) is 85.0 Å². The molecule has 0 aliphatic carbocycles. The number of thioether (sulfide) groups is 1. The molecule has 31 nitrogen and oxygen atoms in total. The summed E-state index contributed by atoms with van der Waals surface area (Å²) < 4.78 is 49.4. The minimum atomic E-state index is -5.94. The van der Waals surface area contributed by atoms with Crippen LogP contribution in [0.3, 0.4) is 0 Å². The fraction of sp³-hybridized carbons (Fsp3) is 0.379. The Morgan fingerprint density at radius 3 is 1.26 bits per heavy atom. The molecule has 0 saturated heterocycles. The summed E-state index contributed by atoms with van der Waals surface area (Å²) in [5.41, 5.74) is 4.17. The van der Waals surface area contributed by atoms with Gasteiger partial charge in [-0.05, 0) is 142 Å². The van der Waals surface area contributed by atoms with Gasteiger partial charge in [-0.2, -0.15) is 0 Å². The normalized spacial score (nSPS) is 10.5. The number of fused-ring (bicyclic) bond motifs is 2. The first-order valence-electron chi connectivity index (χ1n) is 31.2. The second kappa shape index (κ2) is 48.3. The van der Waals surface area contributed by atoms with Gasteiger partial charge >= 0.3 is 91.5 Å². The van der Waals surface area contributed by atoms with Gasteiger partial charge in [-0.25, -0.2) is 0 Å². The summed E-state index contributed by atoms with van der Waals surface area (Å²) >= 11 is 11.3. The van der Waals surface area contributed by atoms with E-state index in [1.807, 2.05) is 0 Å². The third-order valence-electron chi connectivity index (χ3n) is 14.2. The number of aliphatic carboxylic acids is 2. The monoisotopic (exact) mass is 1700 g/mol. The third-order valence-corrected chi connectivity index (χ3v) is 15.8. The average Bonchev–Trinajstić information content (AvgIpc) is 1.62. The predicted octanol–water partition coefficient (Wildman–Crippen LogP) is 2.28. The number of benzene rings is 4. The van der Waals surface area contributed by atoms with E-state index in [9.17, 15) is 72.5 Å². The van der Waals surface area contributed by atoms with Gasteiger partial charge in [0.2, 0.25) is 29.5 Å². The first-order valence-corrected chi connectivity index (χ1v) is 36.6. The maximum absolute atomic E-state index is 13.4. The number of carboxylic acid groups (broad SMARTS) is 2. The summed E-state index contributed by atoms with van der Waals surface area (Å²) in [4.78, 5) is 154. The van der Waals surface area contributed by atoms with Crippen molar-refractivity contribution >= 4 is 146 Å². The molecule has 104 heavy (non-hydrogen) atoms. The van der Waals surface area contributed by atoms with Crippen molar-refractivity contribution in [2.24, 2.45) is 0 Å². The Morgan fingerprint density at radius 2 is 0.875 bits per heavy atom. The number of unbranched alkanes of at least 4 members (excludes halogenated alkanes) is 6. The van der Waals surface area contributed by atoms with Gasteiger partial charge in [-0.1, -0.05) is 73.7 Å². The molecule has 4 aromatic carbocycles. The van der Waals surface area contributed by atoms with Gasteiger partial charge in [0.25, 0.3) is 11.8 Å². The molecule has 0 spiro atoms. The average molecular weight is 1700 g/mol. The van der Waals surface area contributed by atoms with E-state index in [2.05, 4.69) is 55.2 Å². The molecule has 2 heterocycles. The molecule has 0 atom stereocenters. The van der Waals surface area contributed by atoms with Crippen molar-refractivity contribution < 1.29 is 162 Å². The molecule has 8 amide bonds. The van der Waals surface area contributed by atoms with Gasteiger partial charge in [0.1, 0.15) is 11.5 Å². The molecule has 0 unspecified atom stereocenters. The van der Waals surface area contributed by atoms with Crippen LogP contribution in [0, 0.1) is 13.8 Å². The van der Waals surface area contributed by atoms with Crippen molar-refractivity contribution in [1.82, 2.24) is 35.7 Å². The van der Waals surface area contributed by atoms with E-state index in [0.29, 0.717) is 116 Å². The first kappa shape index (κ1) is 92.3. The Labute approximate surface area is 655 Å². The Balaban J connectivity index is 0.000000652. The summed E-state index contributed by atoms with van der Waals surface area (Å²) in [6, 6.07) is 23.5. The number of carbonyl (C=O) groups excluding carboxylic acids is 11. The molecule has 6 rings (SSSR count). The summed E-state index contributed by atoms with van der Waals surface area (Å²) in [7, 11) is 0. The standard InChI is InChI=1S/C34H40ClN5O9S.C32H38ClN5O8S.Na.4O.2Tc/c1-21-26(16-33(46)47)27-15-25(11-12-28(27)40(21)34(48)23-7-9-24(35)10-8-23)49-14-6-4-3-5-13-36-29(42)17-37-30(43)18-38-31(44)19-39-32(45)20-50-22(2)41;1-20-24(15-31(43)44)25-14-23(10-11-26(25)38(20)32(45)21-6-8-22(33)9-7-21)46-13-5-3-2-4-12-34-27(39)16-35-28(40)17-36-29(41)18-37-30(42)19-47;;;;;;;/h7-12,15H,3-6,13-14,16-20H2,1-2H3,(H,36,42)(H,37,43)(H,38,44)(H,39,45)(H,46,47);6-11,14H,2-5,12-13,15-19H2,1H3,(H6,34,35,36,37,39,40,41,42,43,44,47);;;;;;;/q;;+1;;;;-1;+4;/p-4/i;;;;;;;1+1;. The number of carbonyl (C=O) groups is 13. The van der Waals surface area contributed by atoms with E-state index in [1.54, 1.807) is 98.8 Å². The zero-order valence-corrected chi connectivity index (χ0v) is 65.7. The third kappa shape index (κ3) is 34.9. The number of rotatable bonds is 37. The zero-order chi connectivity index (χ0) is 75.5. The van der Waals surface area contributed by atoms with Gasteiger partial charge in [-0.3, -0.25) is 57.1 Å². The second-order valence-electron chi connectivity index (χ2n) is 21.9. The fourth-order valence-electron chi connectivity index (χ4n) is 9.43. The number of ether oxygens (including phenoxy) is 2. The van der Waals surface area contributed by atoms with Crippen LogP contribution in [-0.4, -0.2) is 173 Å². The van der Waals surface area contributed by atoms with Crippen LogP contribution in [0.15, 0.2) is 84.9 Å². The van der Waals surface area contributed by atoms with Gasteiger partial charge in [0, 0.05) is 81.1 Å². The first-order chi connectivity index (χ1) is 48.3. The number of nitrogens with one attached hydrogen (secondary N) is 5. The zero-order valence-electron chi connectivity index (χ0n) is 56.9. The Kier molecular flexibility index (Phi) is 42.9. The molecule has 0 fully saturated rings. The van der Waals surface area contributed by atoms with Crippen molar-refractivity contribution in [3.63, 3.8) is 0 Å². The molecule has 7 N–H and O–H groups in total. The molecular weight excluding hydrogens is 1620 g/mol. The molecule has 0 bridgehead atoms. The van der Waals surface area contributed by atoms with Gasteiger partial charge in [0.05, 0.1) is 62.5 Å². The van der Waals surface area contributed by atoms with Crippen LogP contribution in [0.4, 0.5) is 0 Å². The SMILES string of the molecule is CC(=O)SCC(=O)NCC(=O)NCC(=O)NCC(=O)NCCCCCCOc1ccc2c(c1)c(CC(=O)O)c(C)n2C(=O)c1ccc(Cl)cc1.Cc1c(CC(=O)O)c2cc(OCCCCCCNC(=O)C[N-]C(=O)C[N-]C(=O)C[N-]C(=O)C[S-])ccc2n1C(=O)c1ccc(Cl)cc1.[99Tc+4].[Na+].[O]=[Tc](=[O])(=[O])[O-]. The molecule has 0 aliphatic heterocycles. The number of aromatic nitrogens is 2. The number of hydrogen-bond donors (Lipinski definition) is 7. The molecule has 6 aromatic rings. The Hall–Kier alpha value is -7.79. The van der Waals surface area contributed by atoms with Crippen LogP contribution in [0.1, 0.15) is 102 Å². The van der Waals surface area contributed by atoms with Gasteiger partial charge in [0.15, 0.2) is 5.12 Å². The van der Waals surface area contributed by atoms with Crippen LogP contribution in [-0.2, 0) is 124 Å². The van der Waals surface area contributed by atoms with E-state index in [4.69, 9.17) is 47.1 Å². The van der Waals surface area contributed by atoms with E-state index in [1.165, 1.54) is 16.1 Å². The fourth-order valence-corrected chi connectivity index (χ4v) is 10.2. The molecule has 1 radical (unpaired) electrons. The van der Waals surface area contributed by atoms with Crippen molar-refractivity contribution in [1.29, 1.82) is 0 Å². The molecule has 2 aromatic heterocycles. The second-order valence-corrected chi connectivity index (χ2v) is 26.1.